The van der Waals surface area contributed by atoms with E-state index in [2.05, 4.69) is 28.4 Å². The van der Waals surface area contributed by atoms with Gasteiger partial charge in [-0.05, 0) is 23.8 Å². The first-order valence-corrected chi connectivity index (χ1v) is 12.2. The molecule has 0 amide bonds. The highest BCUT2D eigenvalue weighted by molar-refractivity contribution is 6.64. The summed E-state index contributed by atoms with van der Waals surface area (Å²) in [5, 5.41) is 15.5. The van der Waals surface area contributed by atoms with Crippen LogP contribution in [0.25, 0.3) is 0 Å². The first-order chi connectivity index (χ1) is 19.1. The van der Waals surface area contributed by atoms with Gasteiger partial charge in [0, 0.05) is 0 Å². The molecule has 0 spiro atoms. The predicted octanol–water partition coefficient (Wildman–Crippen LogP) is 1.36. The average Bonchev–Trinajstić information content (AvgIpc) is 3.67. The van der Waals surface area contributed by atoms with Gasteiger partial charge in [0.25, 0.3) is 5.24 Å². The maximum absolute atomic E-state index is 11.4. The smallest absolute Gasteiger partial charge is 0.459 e. The van der Waals surface area contributed by atoms with Crippen molar-refractivity contribution in [3.63, 3.8) is 0 Å². The molecule has 3 atom stereocenters. The van der Waals surface area contributed by atoms with E-state index >= 15 is 0 Å². The lowest BCUT2D eigenvalue weighted by molar-refractivity contribution is -0.151. The number of aliphatic hydroxyl groups is 2. The van der Waals surface area contributed by atoms with Crippen molar-refractivity contribution in [2.24, 2.45) is 0 Å². The molecule has 3 unspecified atom stereocenters. The molecular weight excluding hydrogens is 650 g/mol. The van der Waals surface area contributed by atoms with E-state index in [0.29, 0.717) is 0 Å². The summed E-state index contributed by atoms with van der Waals surface area (Å²) in [7, 11) is 0. The third kappa shape index (κ3) is 19.7. The summed E-state index contributed by atoms with van der Waals surface area (Å²) in [6.07, 6.45) is 0.140. The van der Waals surface area contributed by atoms with Crippen molar-refractivity contribution in [1.29, 1.82) is 0 Å². The maximum Gasteiger partial charge on any atom is 0.509 e. The summed E-state index contributed by atoms with van der Waals surface area (Å²) in [5.74, 6) is -1.47. The van der Waals surface area contributed by atoms with Crippen LogP contribution in [0, 0.1) is 0 Å². The topological polar surface area (TPSA) is 217 Å². The molecule has 3 rings (SSSR count). The van der Waals surface area contributed by atoms with Crippen LogP contribution in [0.5, 0.6) is 0 Å². The molecule has 16 nitrogen and oxygen atoms in total. The van der Waals surface area contributed by atoms with Gasteiger partial charge >= 0.3 is 30.4 Å². The number of esters is 2. The minimum absolute atomic E-state index is 0. The molecule has 0 aromatic rings. The van der Waals surface area contributed by atoms with Crippen LogP contribution in [-0.2, 0) is 52.3 Å². The van der Waals surface area contributed by atoms with Crippen molar-refractivity contribution in [2.75, 3.05) is 51.6 Å². The number of cyclic esters (lactones) is 6. The lowest BCUT2D eigenvalue weighted by atomic mass is 10.4. The van der Waals surface area contributed by atoms with Gasteiger partial charge in [-0.1, -0.05) is 12.2 Å². The highest BCUT2D eigenvalue weighted by Gasteiger charge is 2.33. The molecule has 0 aromatic heterocycles. The van der Waals surface area contributed by atoms with Gasteiger partial charge < -0.3 is 48.1 Å². The fourth-order valence-electron chi connectivity index (χ4n) is 2.06. The van der Waals surface area contributed by atoms with Crippen LogP contribution in [-0.4, -0.2) is 116 Å². The zero-order chi connectivity index (χ0) is 30.3. The fourth-order valence-corrected chi connectivity index (χ4v) is 2.17. The minimum Gasteiger partial charge on any atom is -0.459 e. The first kappa shape index (κ1) is 40.1. The zero-order valence-corrected chi connectivity index (χ0v) is 23.9. The van der Waals surface area contributed by atoms with E-state index in [9.17, 15) is 28.8 Å². The molecule has 0 saturated carbocycles. The van der Waals surface area contributed by atoms with Gasteiger partial charge in [0.15, 0.2) is 0 Å². The molecule has 0 radical (unpaired) electrons. The van der Waals surface area contributed by atoms with Gasteiger partial charge in [-0.15, -0.1) is 35.6 Å². The Balaban J connectivity index is 0. The fraction of sp³-hybridized carbons (Fsp3) is 0.524. The Bertz CT molecular complexity index is 847. The second-order valence-corrected chi connectivity index (χ2v) is 7.66. The molecule has 0 aliphatic carbocycles. The molecule has 3 saturated heterocycles. The summed E-state index contributed by atoms with van der Waals surface area (Å²) < 4.78 is 36.0. The Kier molecular flexibility index (Phi) is 24.2. The molecule has 234 valence electrons. The molecule has 20 heteroatoms. The third-order valence-corrected chi connectivity index (χ3v) is 3.98. The Morgan fingerprint density at radius 2 is 1.02 bits per heavy atom. The molecular formula is C21H26Cl4O16. The first-order valence-electron chi connectivity index (χ1n) is 10.8. The quantitative estimate of drug-likeness (QED) is 0.116. The van der Waals surface area contributed by atoms with Gasteiger partial charge in [0.1, 0.15) is 33.0 Å². The maximum atomic E-state index is 11.4. The highest BCUT2D eigenvalue weighted by Crippen LogP contribution is 2.09. The number of halogens is 4. The van der Waals surface area contributed by atoms with Crippen LogP contribution in [0.4, 0.5) is 14.4 Å². The molecule has 3 fully saturated rings. The van der Waals surface area contributed by atoms with E-state index in [0.717, 1.165) is 0 Å². The number of ether oxygens (including phenoxy) is 8. The van der Waals surface area contributed by atoms with Gasteiger partial charge in [0.05, 0.1) is 18.6 Å². The van der Waals surface area contributed by atoms with Crippen LogP contribution in [0.2, 0.25) is 0 Å². The summed E-state index contributed by atoms with van der Waals surface area (Å²) in [5.41, 5.74) is 0. The monoisotopic (exact) mass is 674 g/mol. The molecule has 0 aromatic carbocycles. The largest absolute Gasteiger partial charge is 0.509 e. The number of rotatable bonds is 9. The molecule has 0 bridgehead atoms. The lowest BCUT2D eigenvalue weighted by Gasteiger charge is -2.06. The number of carbonyl (C=O) groups is 6. The zero-order valence-electron chi connectivity index (χ0n) is 20.9. The van der Waals surface area contributed by atoms with Crippen molar-refractivity contribution in [2.45, 2.75) is 18.3 Å². The van der Waals surface area contributed by atoms with E-state index in [1.165, 1.54) is 24.3 Å². The van der Waals surface area contributed by atoms with Crippen molar-refractivity contribution in [3.8, 4) is 0 Å². The second-order valence-electron chi connectivity index (χ2n) is 6.48. The van der Waals surface area contributed by atoms with E-state index < -0.39 is 54.0 Å². The Morgan fingerprint density at radius 3 is 1.24 bits per heavy atom. The van der Waals surface area contributed by atoms with Crippen LogP contribution in [0.15, 0.2) is 24.3 Å². The summed E-state index contributed by atoms with van der Waals surface area (Å²) in [6, 6.07) is 0. The number of aliphatic hydroxyl groups excluding tert-OH is 2. The number of hydrogen-bond acceptors (Lipinski definition) is 16. The standard InChI is InChI=1S/C12H12O10.C4H3ClO4.C4H8O2.CH2Cl2.ClH/c13-9(7-5-19-11(15)21-7)17-3-1-2-4-18-10(14)8-6-20-12(16)22-8;5-3(6)2-1-8-4(7)9-2;5-3-1-2-4-6;2-1-3;/h1-2,7-8H,3-6H2;2H,1H2;1-2,5-6H,3-4H2;1H2;1H/b2-1+;;2-1+;;. The van der Waals surface area contributed by atoms with Crippen LogP contribution >= 0.6 is 47.2 Å². The van der Waals surface area contributed by atoms with E-state index in [1.54, 1.807) is 0 Å². The molecule has 2 N–H and O–H groups in total. The van der Waals surface area contributed by atoms with Crippen molar-refractivity contribution >= 4 is 82.9 Å². The van der Waals surface area contributed by atoms with E-state index in [1.807, 2.05) is 0 Å². The van der Waals surface area contributed by atoms with Crippen molar-refractivity contribution in [1.82, 2.24) is 0 Å². The van der Waals surface area contributed by atoms with E-state index in [4.69, 9.17) is 54.5 Å². The summed E-state index contributed by atoms with van der Waals surface area (Å²) in [6.45, 7) is -0.581. The van der Waals surface area contributed by atoms with Gasteiger partial charge in [-0.3, -0.25) is 4.79 Å². The Hall–Kier alpha value is -3.02. The molecule has 3 aliphatic heterocycles. The van der Waals surface area contributed by atoms with Gasteiger partial charge in [-0.2, -0.15) is 0 Å². The molecule has 3 aliphatic rings. The summed E-state index contributed by atoms with van der Waals surface area (Å²) in [4.78, 5) is 64.3. The highest BCUT2D eigenvalue weighted by atomic mass is 35.5. The van der Waals surface area contributed by atoms with Crippen molar-refractivity contribution in [3.05, 3.63) is 24.3 Å². The van der Waals surface area contributed by atoms with Gasteiger partial charge in [0.2, 0.25) is 18.3 Å². The summed E-state index contributed by atoms with van der Waals surface area (Å²) >= 11 is 14.5. The van der Waals surface area contributed by atoms with Crippen molar-refractivity contribution < 1.29 is 76.9 Å². The molecule has 41 heavy (non-hydrogen) atoms. The number of alkyl halides is 2. The van der Waals surface area contributed by atoms with Crippen LogP contribution in [0.3, 0.4) is 0 Å². The average molecular weight is 676 g/mol. The number of carbonyl (C=O) groups excluding carboxylic acids is 6. The second kappa shape index (κ2) is 24.8. The Labute approximate surface area is 253 Å². The van der Waals surface area contributed by atoms with Crippen LogP contribution in [0.1, 0.15) is 0 Å². The third-order valence-electron chi connectivity index (χ3n) is 3.74. The SMILES string of the molecule is Cl.ClCCl.O=C1OCC(C(=O)Cl)O1.O=C1OCC(C(=O)OC/C=C/COC(=O)C2COC(=O)O2)O1.OC/C=C/CO. The number of hydrogen-bond donors (Lipinski definition) is 2. The minimum atomic E-state index is -1.06. The molecule has 3 heterocycles. The van der Waals surface area contributed by atoms with Gasteiger partial charge in [-0.25, -0.2) is 24.0 Å². The predicted molar refractivity (Wildman–Crippen MR) is 138 cm³/mol. The van der Waals surface area contributed by atoms with Crippen LogP contribution < -0.4 is 0 Å². The Morgan fingerprint density at radius 1 is 0.707 bits per heavy atom. The van der Waals surface area contributed by atoms with E-state index in [-0.39, 0.29) is 64.0 Å². The lowest BCUT2D eigenvalue weighted by Crippen LogP contribution is -2.26. The normalized spacial score (nSPS) is 20.0.